The molecule has 0 amide bonds. The van der Waals surface area contributed by atoms with Gasteiger partial charge >= 0.3 is 0 Å². The van der Waals surface area contributed by atoms with Gasteiger partial charge in [-0.3, -0.25) is 0 Å². The van der Waals surface area contributed by atoms with Crippen LogP contribution < -0.4 is 10.1 Å². The van der Waals surface area contributed by atoms with Crippen molar-refractivity contribution in [1.82, 2.24) is 5.32 Å². The van der Waals surface area contributed by atoms with Crippen molar-refractivity contribution in [3.63, 3.8) is 0 Å². The Bertz CT molecular complexity index is 466. The summed E-state index contributed by atoms with van der Waals surface area (Å²) < 4.78 is 25.3. The molecule has 1 heterocycles. The monoisotopic (exact) mass is 281 g/mol. The van der Waals surface area contributed by atoms with Gasteiger partial charge in [-0.25, -0.2) is 4.39 Å². The molecule has 1 saturated heterocycles. The van der Waals surface area contributed by atoms with Gasteiger partial charge in [0.2, 0.25) is 0 Å². The third-order valence-electron chi connectivity index (χ3n) is 4.56. The van der Waals surface area contributed by atoms with E-state index < -0.39 is 0 Å². The Balaban J connectivity index is 2.33. The lowest BCUT2D eigenvalue weighted by Gasteiger charge is -2.29. The van der Waals surface area contributed by atoms with Crippen LogP contribution in [-0.4, -0.2) is 26.4 Å². The molecule has 20 heavy (non-hydrogen) atoms. The largest absolute Gasteiger partial charge is 0.497 e. The normalized spacial score (nSPS) is 31.3. The molecule has 3 nitrogen and oxygen atoms in total. The molecule has 1 aromatic rings. The number of nitrogens with one attached hydrogen (secondary N) is 1. The van der Waals surface area contributed by atoms with Gasteiger partial charge in [-0.2, -0.15) is 0 Å². The summed E-state index contributed by atoms with van der Waals surface area (Å²) in [5.41, 5.74) is 0.676. The minimum absolute atomic E-state index is 0.0594. The fraction of sp³-hybridized carbons (Fsp3) is 0.625. The highest BCUT2D eigenvalue weighted by molar-refractivity contribution is 5.31. The lowest BCUT2D eigenvalue weighted by Crippen LogP contribution is -2.33. The first-order valence-electron chi connectivity index (χ1n) is 7.15. The maximum atomic E-state index is 14.3. The van der Waals surface area contributed by atoms with E-state index in [1.807, 2.05) is 7.05 Å². The van der Waals surface area contributed by atoms with Gasteiger partial charge in [0.1, 0.15) is 11.6 Å². The Morgan fingerprint density at radius 2 is 1.95 bits per heavy atom. The van der Waals surface area contributed by atoms with E-state index in [4.69, 9.17) is 9.47 Å². The van der Waals surface area contributed by atoms with Gasteiger partial charge in [-0.05, 0) is 32.9 Å². The number of halogens is 1. The summed E-state index contributed by atoms with van der Waals surface area (Å²) in [4.78, 5) is 0. The Hall–Kier alpha value is -1.13. The SMILES string of the molecule is CNC(c1ccc(OC)cc1F)C1C(C)OC(C)C1C. The summed E-state index contributed by atoms with van der Waals surface area (Å²) in [5, 5.41) is 3.26. The van der Waals surface area contributed by atoms with Gasteiger partial charge in [0.25, 0.3) is 0 Å². The van der Waals surface area contributed by atoms with Crippen molar-refractivity contribution in [2.75, 3.05) is 14.2 Å². The van der Waals surface area contributed by atoms with Crippen LogP contribution in [-0.2, 0) is 4.74 Å². The number of ether oxygens (including phenoxy) is 2. The second-order valence-electron chi connectivity index (χ2n) is 5.64. The third kappa shape index (κ3) is 2.67. The quantitative estimate of drug-likeness (QED) is 0.919. The Labute approximate surface area is 120 Å². The second-order valence-corrected chi connectivity index (χ2v) is 5.64. The van der Waals surface area contributed by atoms with E-state index in [-0.39, 0.29) is 30.0 Å². The molecule has 1 aromatic carbocycles. The number of benzene rings is 1. The first kappa shape index (κ1) is 15.3. The summed E-state index contributed by atoms with van der Waals surface area (Å²) in [6, 6.07) is 4.99. The van der Waals surface area contributed by atoms with E-state index in [1.54, 1.807) is 19.2 Å². The van der Waals surface area contributed by atoms with Crippen LogP contribution in [0.5, 0.6) is 5.75 Å². The maximum Gasteiger partial charge on any atom is 0.131 e. The zero-order chi connectivity index (χ0) is 14.9. The van der Waals surface area contributed by atoms with Crippen LogP contribution in [0.4, 0.5) is 4.39 Å². The smallest absolute Gasteiger partial charge is 0.131 e. The first-order valence-corrected chi connectivity index (χ1v) is 7.15. The predicted octanol–water partition coefficient (Wildman–Crippen LogP) is 3.15. The Kier molecular flexibility index (Phi) is 4.66. The third-order valence-corrected chi connectivity index (χ3v) is 4.56. The molecular formula is C16H24FNO2. The highest BCUT2D eigenvalue weighted by Crippen LogP contribution is 2.41. The summed E-state index contributed by atoms with van der Waals surface area (Å²) in [6.45, 7) is 6.32. The molecule has 5 atom stereocenters. The van der Waals surface area contributed by atoms with E-state index in [0.717, 1.165) is 0 Å². The number of methoxy groups -OCH3 is 1. The molecule has 1 N–H and O–H groups in total. The zero-order valence-corrected chi connectivity index (χ0v) is 12.8. The van der Waals surface area contributed by atoms with Crippen LogP contribution in [0.15, 0.2) is 18.2 Å². The molecule has 1 fully saturated rings. The summed E-state index contributed by atoms with van der Waals surface area (Å²) in [6.07, 6.45) is 0.311. The van der Waals surface area contributed by atoms with Crippen LogP contribution in [0.2, 0.25) is 0 Å². The second kappa shape index (κ2) is 6.10. The molecule has 4 heteroatoms. The Morgan fingerprint density at radius 3 is 2.40 bits per heavy atom. The van der Waals surface area contributed by atoms with Crippen LogP contribution in [0.25, 0.3) is 0 Å². The van der Waals surface area contributed by atoms with E-state index in [1.165, 1.54) is 6.07 Å². The number of hydrogen-bond acceptors (Lipinski definition) is 3. The lowest BCUT2D eigenvalue weighted by molar-refractivity contribution is 0.0477. The van der Waals surface area contributed by atoms with E-state index >= 15 is 0 Å². The maximum absolute atomic E-state index is 14.3. The number of hydrogen-bond donors (Lipinski definition) is 1. The average Bonchev–Trinajstić information content (AvgIpc) is 2.67. The standard InChI is InChI=1S/C16H24FNO2/c1-9-10(2)20-11(3)15(9)16(18-4)13-7-6-12(19-5)8-14(13)17/h6-11,15-16,18H,1-5H3. The highest BCUT2D eigenvalue weighted by atomic mass is 19.1. The molecule has 112 valence electrons. The summed E-state index contributed by atoms with van der Waals surface area (Å²) in [7, 11) is 3.41. The van der Waals surface area contributed by atoms with Gasteiger partial charge in [0.05, 0.1) is 19.3 Å². The van der Waals surface area contributed by atoms with Crippen molar-refractivity contribution in [3.05, 3.63) is 29.6 Å². The van der Waals surface area contributed by atoms with Crippen molar-refractivity contribution in [3.8, 4) is 5.75 Å². The molecule has 1 aliphatic heterocycles. The van der Waals surface area contributed by atoms with Gasteiger partial charge in [0.15, 0.2) is 0 Å². The van der Waals surface area contributed by atoms with E-state index in [2.05, 4.69) is 26.1 Å². The Morgan fingerprint density at radius 1 is 1.25 bits per heavy atom. The molecule has 0 aromatic heterocycles. The molecule has 0 saturated carbocycles. The minimum atomic E-state index is -0.234. The van der Waals surface area contributed by atoms with Crippen LogP contribution >= 0.6 is 0 Å². The minimum Gasteiger partial charge on any atom is -0.497 e. The van der Waals surface area contributed by atoms with Gasteiger partial charge < -0.3 is 14.8 Å². The fourth-order valence-corrected chi connectivity index (χ4v) is 3.31. The topological polar surface area (TPSA) is 30.5 Å². The number of rotatable bonds is 4. The predicted molar refractivity (Wildman–Crippen MR) is 77.4 cm³/mol. The van der Waals surface area contributed by atoms with E-state index in [0.29, 0.717) is 17.2 Å². The molecular weight excluding hydrogens is 257 g/mol. The molecule has 0 aliphatic carbocycles. The fourth-order valence-electron chi connectivity index (χ4n) is 3.31. The van der Waals surface area contributed by atoms with Crippen molar-refractivity contribution in [2.45, 2.75) is 39.0 Å². The van der Waals surface area contributed by atoms with Gasteiger partial charge in [0, 0.05) is 23.6 Å². The molecule has 0 radical (unpaired) electrons. The molecule has 0 spiro atoms. The molecule has 0 bridgehead atoms. The zero-order valence-electron chi connectivity index (χ0n) is 12.8. The van der Waals surface area contributed by atoms with Crippen molar-refractivity contribution in [1.29, 1.82) is 0 Å². The summed E-state index contributed by atoms with van der Waals surface area (Å²) in [5.74, 6) is 0.933. The molecule has 5 unspecified atom stereocenters. The van der Waals surface area contributed by atoms with Crippen molar-refractivity contribution < 1.29 is 13.9 Å². The van der Waals surface area contributed by atoms with Gasteiger partial charge in [-0.1, -0.05) is 13.0 Å². The van der Waals surface area contributed by atoms with Crippen molar-refractivity contribution in [2.24, 2.45) is 11.8 Å². The van der Waals surface area contributed by atoms with Gasteiger partial charge in [-0.15, -0.1) is 0 Å². The lowest BCUT2D eigenvalue weighted by atomic mass is 9.80. The van der Waals surface area contributed by atoms with E-state index in [9.17, 15) is 4.39 Å². The summed E-state index contributed by atoms with van der Waals surface area (Å²) >= 11 is 0. The van der Waals surface area contributed by atoms with Crippen LogP contribution in [0.1, 0.15) is 32.4 Å². The highest BCUT2D eigenvalue weighted by Gasteiger charge is 2.42. The first-order chi connectivity index (χ1) is 9.49. The van der Waals surface area contributed by atoms with Crippen LogP contribution in [0.3, 0.4) is 0 Å². The van der Waals surface area contributed by atoms with Crippen molar-refractivity contribution >= 4 is 0 Å². The van der Waals surface area contributed by atoms with Crippen LogP contribution in [0, 0.1) is 17.7 Å². The average molecular weight is 281 g/mol. The molecule has 1 aliphatic rings. The molecule has 2 rings (SSSR count).